The zero-order valence-corrected chi connectivity index (χ0v) is 43.9. The van der Waals surface area contributed by atoms with Gasteiger partial charge in [-0.05, 0) is 182 Å². The zero-order chi connectivity index (χ0) is 54.9. The normalized spacial score (nSPS) is 10.2. The van der Waals surface area contributed by atoms with Crippen molar-refractivity contribution >= 4 is 0 Å². The number of benzene rings is 12. The van der Waals surface area contributed by atoms with Crippen LogP contribution in [0.5, 0.6) is 103 Å². The average molecular weight is 1060 g/mol. The molecular formula is C72H54O9. The summed E-state index contributed by atoms with van der Waals surface area (Å²) in [5, 5.41) is 0. The third-order valence-corrected chi connectivity index (χ3v) is 11.5. The van der Waals surface area contributed by atoms with Gasteiger partial charge in [0.2, 0.25) is 0 Å². The molecular weight excluding hydrogens is 1010 g/mol. The van der Waals surface area contributed by atoms with Gasteiger partial charge in [-0.2, -0.15) is 0 Å². The molecule has 0 N–H and O–H groups in total. The van der Waals surface area contributed by atoms with Crippen LogP contribution in [-0.4, -0.2) is 0 Å². The fourth-order valence-corrected chi connectivity index (χ4v) is 7.69. The van der Waals surface area contributed by atoms with Gasteiger partial charge < -0.3 is 42.6 Å². The lowest BCUT2D eigenvalue weighted by atomic mass is 10.3. The molecule has 81 heavy (non-hydrogen) atoms. The third-order valence-electron chi connectivity index (χ3n) is 11.5. The summed E-state index contributed by atoms with van der Waals surface area (Å²) in [5.74, 6) is 13.5. The molecule has 9 nitrogen and oxygen atoms in total. The summed E-state index contributed by atoms with van der Waals surface area (Å²) in [6, 6.07) is 103. The number of hydrogen-bond donors (Lipinski definition) is 0. The molecule has 396 valence electrons. The van der Waals surface area contributed by atoms with Crippen molar-refractivity contribution in [1.29, 1.82) is 0 Å². The third kappa shape index (κ3) is 17.4. The van der Waals surface area contributed by atoms with Crippen LogP contribution in [0, 0.1) is 0 Å². The second-order valence-electron chi connectivity index (χ2n) is 17.6. The van der Waals surface area contributed by atoms with Gasteiger partial charge in [-0.25, -0.2) is 0 Å². The summed E-state index contributed by atoms with van der Waals surface area (Å²) in [6.45, 7) is 0. The minimum Gasteiger partial charge on any atom is -0.457 e. The first-order valence-electron chi connectivity index (χ1n) is 26.1. The summed E-state index contributed by atoms with van der Waals surface area (Å²) < 4.78 is 52.7. The molecule has 0 atom stereocenters. The Labute approximate surface area is 471 Å². The van der Waals surface area contributed by atoms with Crippen LogP contribution in [0.4, 0.5) is 0 Å². The maximum atomic E-state index is 5.98. The predicted octanol–water partition coefficient (Wildman–Crippen LogP) is 21.2. The van der Waals surface area contributed by atoms with Crippen molar-refractivity contribution in [3.05, 3.63) is 328 Å². The standard InChI is InChI=1S/3C24H18O3/c1-3-9-19(10-4-1)25-21-13-7-15-23(17-21)27-24-16-8-14-22(18-24)26-20-11-5-2-6-12-20;1-3-8-19(9-4-1)25-21-14-16-22(17-15-21)27-24-13-7-12-23(18-24)26-20-10-5-2-6-11-20;1-3-7-19(8-4-1)25-21-11-15-23(16-12-21)27-24-17-13-22(14-18-24)26-20-9-5-2-6-10-20/h3*1-18H. The van der Waals surface area contributed by atoms with Crippen LogP contribution in [0.1, 0.15) is 0 Å². The highest BCUT2D eigenvalue weighted by atomic mass is 16.5. The molecule has 12 aromatic rings. The minimum absolute atomic E-state index is 0.695. The zero-order valence-electron chi connectivity index (χ0n) is 43.9. The fourth-order valence-electron chi connectivity index (χ4n) is 7.69. The Bertz CT molecular complexity index is 3580. The molecule has 0 unspecified atom stereocenters. The quantitative estimate of drug-likeness (QED) is 0.0834. The van der Waals surface area contributed by atoms with Crippen molar-refractivity contribution in [2.75, 3.05) is 0 Å². The SMILES string of the molecule is c1ccc(Oc2ccc(Oc3ccc(Oc4ccccc4)cc3)cc2)cc1.c1ccc(Oc2ccc(Oc3cccc(Oc4ccccc4)c3)cc2)cc1.c1ccc(Oc2cccc(Oc3cccc(Oc4ccccc4)c3)c2)cc1. The van der Waals surface area contributed by atoms with Crippen LogP contribution in [0.2, 0.25) is 0 Å². The van der Waals surface area contributed by atoms with Crippen LogP contribution < -0.4 is 42.6 Å². The van der Waals surface area contributed by atoms with Gasteiger partial charge in [0.1, 0.15) is 103 Å². The molecule has 0 aliphatic heterocycles. The summed E-state index contributed by atoms with van der Waals surface area (Å²) >= 11 is 0. The highest BCUT2D eigenvalue weighted by Gasteiger charge is 2.07. The van der Waals surface area contributed by atoms with E-state index in [4.69, 9.17) is 42.6 Å². The van der Waals surface area contributed by atoms with E-state index in [0.29, 0.717) is 17.2 Å². The van der Waals surface area contributed by atoms with E-state index in [1.165, 1.54) is 0 Å². The fraction of sp³-hybridized carbons (Fsp3) is 0. The first kappa shape index (κ1) is 53.2. The molecule has 12 aromatic carbocycles. The molecule has 0 bridgehead atoms. The van der Waals surface area contributed by atoms with E-state index in [-0.39, 0.29) is 0 Å². The van der Waals surface area contributed by atoms with Crippen LogP contribution in [0.25, 0.3) is 0 Å². The molecule has 0 saturated carbocycles. The van der Waals surface area contributed by atoms with Crippen LogP contribution in [0.15, 0.2) is 328 Å². The summed E-state index contributed by atoms with van der Waals surface area (Å²) in [5.41, 5.74) is 0. The minimum atomic E-state index is 0.695. The Balaban J connectivity index is 0.000000136. The lowest BCUT2D eigenvalue weighted by molar-refractivity contribution is 0.451. The van der Waals surface area contributed by atoms with Crippen molar-refractivity contribution in [2.24, 2.45) is 0 Å². The molecule has 0 radical (unpaired) electrons. The monoisotopic (exact) mass is 1060 g/mol. The number of para-hydroxylation sites is 6. The smallest absolute Gasteiger partial charge is 0.131 e. The second kappa shape index (κ2) is 28.3. The van der Waals surface area contributed by atoms with E-state index in [1.54, 1.807) is 0 Å². The van der Waals surface area contributed by atoms with E-state index >= 15 is 0 Å². The first-order chi connectivity index (χ1) is 40.0. The van der Waals surface area contributed by atoms with E-state index in [1.807, 2.05) is 328 Å². The van der Waals surface area contributed by atoms with E-state index in [0.717, 1.165) is 86.2 Å². The van der Waals surface area contributed by atoms with Crippen LogP contribution in [-0.2, 0) is 0 Å². The van der Waals surface area contributed by atoms with Gasteiger partial charge >= 0.3 is 0 Å². The molecule has 0 saturated heterocycles. The first-order valence-corrected chi connectivity index (χ1v) is 26.1. The largest absolute Gasteiger partial charge is 0.457 e. The maximum absolute atomic E-state index is 5.98. The molecule has 12 rings (SSSR count). The summed E-state index contributed by atoms with van der Waals surface area (Å²) in [6.07, 6.45) is 0. The highest BCUT2D eigenvalue weighted by molar-refractivity contribution is 5.45. The average Bonchev–Trinajstić information content (AvgIpc) is 3.52. The van der Waals surface area contributed by atoms with Crippen molar-refractivity contribution in [3.8, 4) is 103 Å². The van der Waals surface area contributed by atoms with Crippen molar-refractivity contribution in [2.45, 2.75) is 0 Å². The van der Waals surface area contributed by atoms with Crippen molar-refractivity contribution < 1.29 is 42.6 Å². The topological polar surface area (TPSA) is 83.1 Å². The molecule has 9 heteroatoms. The van der Waals surface area contributed by atoms with Crippen molar-refractivity contribution in [3.63, 3.8) is 0 Å². The Kier molecular flexibility index (Phi) is 18.6. The van der Waals surface area contributed by atoms with Gasteiger partial charge in [0, 0.05) is 18.2 Å². The molecule has 0 spiro atoms. The van der Waals surface area contributed by atoms with Gasteiger partial charge in [0.15, 0.2) is 0 Å². The molecule has 0 heterocycles. The van der Waals surface area contributed by atoms with Gasteiger partial charge in [0.25, 0.3) is 0 Å². The highest BCUT2D eigenvalue weighted by Crippen LogP contribution is 2.34. The molecule has 0 aliphatic carbocycles. The molecule has 0 aromatic heterocycles. The molecule has 0 fully saturated rings. The lowest BCUT2D eigenvalue weighted by Crippen LogP contribution is -1.88. The Morgan fingerprint density at radius 2 is 0.210 bits per heavy atom. The molecule has 0 aliphatic rings. The lowest BCUT2D eigenvalue weighted by Gasteiger charge is -2.10. The Morgan fingerprint density at radius 3 is 0.370 bits per heavy atom. The van der Waals surface area contributed by atoms with Gasteiger partial charge in [-0.15, -0.1) is 0 Å². The van der Waals surface area contributed by atoms with Gasteiger partial charge in [-0.1, -0.05) is 127 Å². The maximum Gasteiger partial charge on any atom is 0.131 e. The number of hydrogen-bond acceptors (Lipinski definition) is 9. The Morgan fingerprint density at radius 1 is 0.0988 bits per heavy atom. The second-order valence-corrected chi connectivity index (χ2v) is 17.6. The van der Waals surface area contributed by atoms with Crippen LogP contribution in [0.3, 0.4) is 0 Å². The predicted molar refractivity (Wildman–Crippen MR) is 318 cm³/mol. The van der Waals surface area contributed by atoms with Crippen LogP contribution >= 0.6 is 0 Å². The number of ether oxygens (including phenoxy) is 9. The van der Waals surface area contributed by atoms with E-state index in [9.17, 15) is 0 Å². The van der Waals surface area contributed by atoms with E-state index < -0.39 is 0 Å². The molecule has 0 amide bonds. The van der Waals surface area contributed by atoms with Gasteiger partial charge in [-0.3, -0.25) is 0 Å². The van der Waals surface area contributed by atoms with Gasteiger partial charge in [0.05, 0.1) is 0 Å². The summed E-state index contributed by atoms with van der Waals surface area (Å²) in [7, 11) is 0. The summed E-state index contributed by atoms with van der Waals surface area (Å²) in [4.78, 5) is 0. The van der Waals surface area contributed by atoms with E-state index in [2.05, 4.69) is 0 Å². The number of rotatable bonds is 18. The Hall–Kier alpha value is -11.2. The van der Waals surface area contributed by atoms with Crippen molar-refractivity contribution in [1.82, 2.24) is 0 Å².